The first kappa shape index (κ1) is 24.2. The summed E-state index contributed by atoms with van der Waals surface area (Å²) in [4.78, 5) is 25.4. The monoisotopic (exact) mass is 517 g/mol. The second-order valence-electron chi connectivity index (χ2n) is 8.91. The van der Waals surface area contributed by atoms with Gasteiger partial charge in [-0.1, -0.05) is 11.8 Å². The van der Waals surface area contributed by atoms with Crippen molar-refractivity contribution in [1.29, 1.82) is 0 Å². The summed E-state index contributed by atoms with van der Waals surface area (Å²) in [5.41, 5.74) is 5.65. The number of hydrogen-bond acceptors (Lipinski definition) is 8. The summed E-state index contributed by atoms with van der Waals surface area (Å²) in [6, 6.07) is 5.63. The number of nitrogens with one attached hydrogen (secondary N) is 1. The highest BCUT2D eigenvalue weighted by Gasteiger charge is 2.71. The van der Waals surface area contributed by atoms with Crippen LogP contribution in [0.3, 0.4) is 0 Å². The number of anilines is 1. The number of ether oxygens (including phenoxy) is 1. The number of benzene rings is 1. The molecule has 1 aliphatic carbocycles. The molecule has 0 spiro atoms. The number of alkyl halides is 2. The number of nitrogens with two attached hydrogens (primary N) is 1. The predicted octanol–water partition coefficient (Wildman–Crippen LogP) is 4.65. The zero-order chi connectivity index (χ0) is 25.7. The van der Waals surface area contributed by atoms with Crippen LogP contribution in [0.2, 0.25) is 0 Å². The van der Waals surface area contributed by atoms with E-state index in [9.17, 15) is 18.0 Å². The van der Waals surface area contributed by atoms with Crippen molar-refractivity contribution in [2.75, 3.05) is 5.32 Å². The second kappa shape index (κ2) is 8.84. The van der Waals surface area contributed by atoms with Gasteiger partial charge in [0.05, 0.1) is 22.7 Å². The molecule has 1 aliphatic heterocycles. The molecule has 1 saturated carbocycles. The molecular weight excluding hydrogens is 495 g/mol. The number of nitrogens with zero attached hydrogens (tertiary/aromatic N) is 3. The van der Waals surface area contributed by atoms with Gasteiger partial charge in [-0.15, -0.1) is 0 Å². The minimum Gasteiger partial charge on any atom is -0.482 e. The number of carbonyl (C=O) groups is 1. The Balaban J connectivity index is 1.35. The minimum atomic E-state index is -2.62. The fourth-order valence-electron chi connectivity index (χ4n) is 4.62. The predicted molar refractivity (Wildman–Crippen MR) is 128 cm³/mol. The first-order valence-corrected chi connectivity index (χ1v) is 11.9. The summed E-state index contributed by atoms with van der Waals surface area (Å²) in [7, 11) is 0. The van der Waals surface area contributed by atoms with E-state index in [4.69, 9.17) is 14.9 Å². The maximum atomic E-state index is 14.9. The van der Waals surface area contributed by atoms with E-state index in [2.05, 4.69) is 20.3 Å². The number of fused-ring (bicyclic) bond motifs is 1. The Kier molecular flexibility index (Phi) is 5.93. The first-order valence-electron chi connectivity index (χ1n) is 11.0. The molecule has 0 saturated heterocycles. The van der Waals surface area contributed by atoms with Crippen LogP contribution >= 0.6 is 11.8 Å². The Hall–Kier alpha value is -3.54. The largest absolute Gasteiger partial charge is 0.482 e. The quantitative estimate of drug-likeness (QED) is 0.469. The number of aryl methyl sites for hydroxylation is 1. The number of carbonyl (C=O) groups excluding carboxylic acids is 1. The molecule has 2 aromatic heterocycles. The Morgan fingerprint density at radius 1 is 1.36 bits per heavy atom. The molecular formula is C24H22F3N5O3S. The molecule has 1 fully saturated rings. The van der Waals surface area contributed by atoms with Crippen molar-refractivity contribution >= 4 is 28.5 Å². The number of halogens is 3. The fourth-order valence-corrected chi connectivity index (χ4v) is 5.96. The van der Waals surface area contributed by atoms with Gasteiger partial charge in [0.25, 0.3) is 12.3 Å². The number of rotatable bonds is 7. The topological polar surface area (TPSA) is 116 Å². The van der Waals surface area contributed by atoms with Crippen LogP contribution in [-0.2, 0) is 12.1 Å². The van der Waals surface area contributed by atoms with E-state index in [1.54, 1.807) is 19.9 Å². The van der Waals surface area contributed by atoms with Crippen LogP contribution in [0.4, 0.5) is 18.9 Å². The van der Waals surface area contributed by atoms with Crippen LogP contribution in [0, 0.1) is 18.7 Å². The number of hydrogen-bond donors (Lipinski definition) is 2. The van der Waals surface area contributed by atoms with E-state index < -0.39 is 34.4 Å². The Morgan fingerprint density at radius 2 is 2.17 bits per heavy atom. The SMILES string of the molecule is Cc1cc(OCc2ncco2)cnc1C(=O)Nc1ccc(F)c([C@]2(C)N=C(N)S[C@@]3(C(F)F)C[C@@H]23)c1. The number of aliphatic imine (C=N–C) groups is 1. The fraction of sp³-hybridized carbons (Fsp3) is 0.333. The Bertz CT molecular complexity index is 1350. The first-order chi connectivity index (χ1) is 17.1. The maximum absolute atomic E-state index is 14.9. The van der Waals surface area contributed by atoms with Crippen LogP contribution in [0.25, 0.3) is 0 Å². The van der Waals surface area contributed by atoms with Gasteiger partial charge < -0.3 is 20.2 Å². The molecule has 2 aliphatic rings. The summed E-state index contributed by atoms with van der Waals surface area (Å²) < 4.78 is 51.8. The van der Waals surface area contributed by atoms with Gasteiger partial charge in [-0.05, 0) is 50.1 Å². The summed E-state index contributed by atoms with van der Waals surface area (Å²) in [5, 5.41) is 2.69. The van der Waals surface area contributed by atoms with Crippen molar-refractivity contribution in [3.8, 4) is 5.75 Å². The minimum absolute atomic E-state index is 0.00893. The van der Waals surface area contributed by atoms with Crippen LogP contribution in [0.15, 0.2) is 52.3 Å². The number of pyridine rings is 1. The molecule has 3 aromatic rings. The number of amidine groups is 1. The van der Waals surface area contributed by atoms with E-state index in [1.165, 1.54) is 36.9 Å². The van der Waals surface area contributed by atoms with E-state index >= 15 is 0 Å². The van der Waals surface area contributed by atoms with Crippen LogP contribution in [0.1, 0.15) is 40.9 Å². The van der Waals surface area contributed by atoms with Crippen LogP contribution < -0.4 is 15.8 Å². The highest BCUT2D eigenvalue weighted by molar-refractivity contribution is 8.15. The number of oxazole rings is 1. The van der Waals surface area contributed by atoms with Crippen molar-refractivity contribution in [1.82, 2.24) is 9.97 Å². The highest BCUT2D eigenvalue weighted by Crippen LogP contribution is 2.68. The number of amides is 1. The maximum Gasteiger partial charge on any atom is 0.274 e. The van der Waals surface area contributed by atoms with Gasteiger partial charge >= 0.3 is 0 Å². The zero-order valence-corrected chi connectivity index (χ0v) is 20.1. The highest BCUT2D eigenvalue weighted by atomic mass is 32.2. The van der Waals surface area contributed by atoms with E-state index in [-0.39, 0.29) is 35.1 Å². The Labute approximate surface area is 208 Å². The van der Waals surface area contributed by atoms with Gasteiger partial charge in [0.15, 0.2) is 11.8 Å². The average molecular weight is 518 g/mol. The Morgan fingerprint density at radius 3 is 2.86 bits per heavy atom. The van der Waals surface area contributed by atoms with Gasteiger partial charge in [0, 0.05) is 17.2 Å². The van der Waals surface area contributed by atoms with Crippen molar-refractivity contribution in [2.24, 2.45) is 16.6 Å². The van der Waals surface area contributed by atoms with Crippen molar-refractivity contribution < 1.29 is 27.1 Å². The van der Waals surface area contributed by atoms with Crippen molar-refractivity contribution in [2.45, 2.75) is 43.6 Å². The summed E-state index contributed by atoms with van der Waals surface area (Å²) in [6.07, 6.45) is 1.88. The molecule has 0 radical (unpaired) electrons. The number of thioether (sulfide) groups is 1. The molecule has 36 heavy (non-hydrogen) atoms. The molecule has 12 heteroatoms. The van der Waals surface area contributed by atoms with E-state index in [0.29, 0.717) is 17.2 Å². The van der Waals surface area contributed by atoms with Gasteiger partial charge in [0.1, 0.15) is 23.5 Å². The molecule has 0 bridgehead atoms. The molecule has 1 aromatic carbocycles. The third kappa shape index (κ3) is 4.19. The van der Waals surface area contributed by atoms with E-state index in [1.807, 2.05) is 0 Å². The number of aromatic nitrogens is 2. The van der Waals surface area contributed by atoms with Gasteiger partial charge in [-0.3, -0.25) is 9.79 Å². The molecule has 8 nitrogen and oxygen atoms in total. The summed E-state index contributed by atoms with van der Waals surface area (Å²) >= 11 is 0.849. The third-order valence-electron chi connectivity index (χ3n) is 6.52. The normalized spacial score (nSPS) is 24.7. The van der Waals surface area contributed by atoms with Gasteiger partial charge in [-0.25, -0.2) is 23.1 Å². The van der Waals surface area contributed by atoms with Crippen molar-refractivity contribution in [3.05, 3.63) is 71.5 Å². The van der Waals surface area contributed by atoms with Crippen LogP contribution in [0.5, 0.6) is 5.75 Å². The average Bonchev–Trinajstić information content (AvgIpc) is 3.36. The lowest BCUT2D eigenvalue weighted by atomic mass is 9.85. The zero-order valence-electron chi connectivity index (χ0n) is 19.3. The van der Waals surface area contributed by atoms with Crippen molar-refractivity contribution in [3.63, 3.8) is 0 Å². The molecule has 188 valence electrons. The smallest absolute Gasteiger partial charge is 0.274 e. The van der Waals surface area contributed by atoms with Crippen LogP contribution in [-0.4, -0.2) is 32.2 Å². The van der Waals surface area contributed by atoms with E-state index in [0.717, 1.165) is 11.8 Å². The lowest BCUT2D eigenvalue weighted by molar-refractivity contribution is 0.102. The summed E-state index contributed by atoms with van der Waals surface area (Å²) in [6.45, 7) is 3.41. The molecule has 0 unspecified atom stereocenters. The van der Waals surface area contributed by atoms with Gasteiger partial charge in [-0.2, -0.15) is 0 Å². The third-order valence-corrected chi connectivity index (χ3v) is 7.83. The lowest BCUT2D eigenvalue weighted by Crippen LogP contribution is -2.38. The molecule has 3 atom stereocenters. The second-order valence-corrected chi connectivity index (χ2v) is 10.3. The lowest BCUT2D eigenvalue weighted by Gasteiger charge is -2.34. The molecule has 1 amide bonds. The van der Waals surface area contributed by atoms with Gasteiger partial charge in [0.2, 0.25) is 5.89 Å². The standard InChI is InChI=1S/C24H22F3N5O3S/c1-12-7-14(35-11-18-29-5-6-34-18)10-30-19(12)20(33)31-13-3-4-16(25)15(8-13)23(2)17-9-24(17,21(26)27)36-22(28)32-23/h3-8,10,17,21H,9,11H2,1-2H3,(H2,28,32)(H,31,33)/t17-,23-,24-/m0/s1. The summed E-state index contributed by atoms with van der Waals surface area (Å²) in [5.74, 6) is -0.900. The molecule has 3 heterocycles. The molecule has 5 rings (SSSR count). The molecule has 3 N–H and O–H groups in total.